The molecule has 0 aromatic carbocycles. The van der Waals surface area contributed by atoms with Crippen molar-refractivity contribution in [2.75, 3.05) is 0 Å². The molecule has 2 heterocycles. The Kier molecular flexibility index (Phi) is 2.80. The van der Waals surface area contributed by atoms with Gasteiger partial charge in [-0.15, -0.1) is 11.3 Å². The molecule has 0 fully saturated rings. The van der Waals surface area contributed by atoms with Crippen LogP contribution in [0.4, 0.5) is 0 Å². The van der Waals surface area contributed by atoms with Gasteiger partial charge in [0, 0.05) is 4.88 Å². The number of aliphatic hydroxyl groups is 1. The fourth-order valence-corrected chi connectivity index (χ4v) is 2.40. The average Bonchev–Trinajstić information content (AvgIpc) is 2.84. The molecular weight excluding hydrogens is 228 g/mol. The standard InChI is InChI=1S/C11H10O4S/c1-6-3-5-16-10(6)8(12)9-7(11(13)14)2-4-15-9/h2-5,8,12H,1H3,(H,13,14). The van der Waals surface area contributed by atoms with Crippen molar-refractivity contribution in [1.29, 1.82) is 0 Å². The van der Waals surface area contributed by atoms with Crippen LogP contribution in [0.25, 0.3) is 0 Å². The number of hydrogen-bond donors (Lipinski definition) is 2. The van der Waals surface area contributed by atoms with Crippen LogP contribution in [0.3, 0.4) is 0 Å². The van der Waals surface area contributed by atoms with Crippen molar-refractivity contribution < 1.29 is 19.4 Å². The van der Waals surface area contributed by atoms with E-state index >= 15 is 0 Å². The van der Waals surface area contributed by atoms with E-state index in [0.717, 1.165) is 5.56 Å². The summed E-state index contributed by atoms with van der Waals surface area (Å²) in [6, 6.07) is 3.20. The van der Waals surface area contributed by atoms with E-state index in [-0.39, 0.29) is 11.3 Å². The van der Waals surface area contributed by atoms with Crippen LogP contribution >= 0.6 is 11.3 Å². The number of aliphatic hydroxyl groups excluding tert-OH is 1. The summed E-state index contributed by atoms with van der Waals surface area (Å²) in [6.07, 6.45) is 0.256. The zero-order chi connectivity index (χ0) is 11.7. The van der Waals surface area contributed by atoms with Gasteiger partial charge in [0.2, 0.25) is 0 Å². The number of furan rings is 1. The smallest absolute Gasteiger partial charge is 0.339 e. The molecule has 0 aliphatic rings. The van der Waals surface area contributed by atoms with Gasteiger partial charge in [0.05, 0.1) is 6.26 Å². The molecule has 4 nitrogen and oxygen atoms in total. The summed E-state index contributed by atoms with van der Waals surface area (Å²) in [5.41, 5.74) is 0.922. The number of thiophene rings is 1. The minimum Gasteiger partial charge on any atom is -0.478 e. The van der Waals surface area contributed by atoms with Crippen molar-refractivity contribution in [3.63, 3.8) is 0 Å². The predicted molar refractivity (Wildman–Crippen MR) is 58.8 cm³/mol. The fraction of sp³-hybridized carbons (Fsp3) is 0.182. The molecule has 0 spiro atoms. The maximum Gasteiger partial charge on any atom is 0.339 e. The quantitative estimate of drug-likeness (QED) is 0.861. The first-order chi connectivity index (χ1) is 7.61. The molecule has 0 bridgehead atoms. The lowest BCUT2D eigenvalue weighted by atomic mass is 10.1. The number of hydrogen-bond acceptors (Lipinski definition) is 4. The third kappa shape index (κ3) is 1.75. The van der Waals surface area contributed by atoms with Gasteiger partial charge in [-0.05, 0) is 30.0 Å². The van der Waals surface area contributed by atoms with Crippen LogP contribution in [-0.2, 0) is 0 Å². The summed E-state index contributed by atoms with van der Waals surface area (Å²) in [5, 5.41) is 20.8. The molecule has 5 heteroatoms. The Morgan fingerprint density at radius 1 is 1.50 bits per heavy atom. The first-order valence-corrected chi connectivity index (χ1v) is 5.52. The minimum atomic E-state index is -1.10. The van der Waals surface area contributed by atoms with Crippen molar-refractivity contribution in [2.24, 2.45) is 0 Å². The fourth-order valence-electron chi connectivity index (χ4n) is 1.49. The summed E-state index contributed by atoms with van der Waals surface area (Å²) in [6.45, 7) is 1.86. The SMILES string of the molecule is Cc1ccsc1C(O)c1occc1C(=O)O. The van der Waals surface area contributed by atoms with Crippen molar-refractivity contribution in [3.05, 3.63) is 45.5 Å². The van der Waals surface area contributed by atoms with Crippen molar-refractivity contribution in [3.8, 4) is 0 Å². The van der Waals surface area contributed by atoms with Crippen LogP contribution in [0, 0.1) is 6.92 Å². The Balaban J connectivity index is 2.42. The molecule has 2 aromatic rings. The van der Waals surface area contributed by atoms with Crippen LogP contribution in [0.5, 0.6) is 0 Å². The van der Waals surface area contributed by atoms with Crippen LogP contribution < -0.4 is 0 Å². The highest BCUT2D eigenvalue weighted by Crippen LogP contribution is 2.31. The Hall–Kier alpha value is -1.59. The van der Waals surface area contributed by atoms with Crippen LogP contribution in [0.15, 0.2) is 28.2 Å². The lowest BCUT2D eigenvalue weighted by Crippen LogP contribution is -2.05. The molecule has 1 atom stereocenters. The molecule has 0 aliphatic heterocycles. The highest BCUT2D eigenvalue weighted by Gasteiger charge is 2.24. The lowest BCUT2D eigenvalue weighted by molar-refractivity contribution is 0.0687. The van der Waals surface area contributed by atoms with E-state index in [1.807, 2.05) is 18.4 Å². The molecule has 84 valence electrons. The van der Waals surface area contributed by atoms with Gasteiger partial charge in [0.15, 0.2) is 5.76 Å². The van der Waals surface area contributed by atoms with E-state index < -0.39 is 12.1 Å². The van der Waals surface area contributed by atoms with Crippen molar-refractivity contribution >= 4 is 17.3 Å². The molecule has 0 aliphatic carbocycles. The van der Waals surface area contributed by atoms with Crippen molar-refractivity contribution in [1.82, 2.24) is 0 Å². The van der Waals surface area contributed by atoms with Gasteiger partial charge in [-0.2, -0.15) is 0 Å². The molecule has 0 saturated heterocycles. The first-order valence-electron chi connectivity index (χ1n) is 4.64. The van der Waals surface area contributed by atoms with Crippen LogP contribution in [0.2, 0.25) is 0 Å². The van der Waals surface area contributed by atoms with E-state index in [2.05, 4.69) is 0 Å². The van der Waals surface area contributed by atoms with E-state index in [0.29, 0.717) is 4.88 Å². The van der Waals surface area contributed by atoms with Gasteiger partial charge in [0.25, 0.3) is 0 Å². The monoisotopic (exact) mass is 238 g/mol. The zero-order valence-corrected chi connectivity index (χ0v) is 9.32. The number of aryl methyl sites for hydroxylation is 1. The van der Waals surface area contributed by atoms with Gasteiger partial charge >= 0.3 is 5.97 Å². The molecular formula is C11H10O4S. The number of rotatable bonds is 3. The highest BCUT2D eigenvalue weighted by molar-refractivity contribution is 7.10. The molecule has 16 heavy (non-hydrogen) atoms. The minimum absolute atomic E-state index is 0.000278. The Morgan fingerprint density at radius 2 is 2.25 bits per heavy atom. The Morgan fingerprint density at radius 3 is 2.81 bits per heavy atom. The van der Waals surface area contributed by atoms with Gasteiger partial charge in [-0.1, -0.05) is 0 Å². The number of carboxylic acids is 1. The second kappa shape index (κ2) is 4.11. The van der Waals surface area contributed by atoms with Gasteiger partial charge in [-0.25, -0.2) is 4.79 Å². The summed E-state index contributed by atoms with van der Waals surface area (Å²) in [5.74, 6) is -1.02. The summed E-state index contributed by atoms with van der Waals surface area (Å²) in [7, 11) is 0. The van der Waals surface area contributed by atoms with Crippen LogP contribution in [0.1, 0.15) is 32.7 Å². The number of carbonyl (C=O) groups is 1. The van der Waals surface area contributed by atoms with Gasteiger partial charge in [-0.3, -0.25) is 0 Å². The summed E-state index contributed by atoms with van der Waals surface area (Å²) < 4.78 is 5.04. The van der Waals surface area contributed by atoms with E-state index in [1.165, 1.54) is 23.7 Å². The molecule has 2 aromatic heterocycles. The zero-order valence-electron chi connectivity index (χ0n) is 8.51. The molecule has 2 N–H and O–H groups in total. The maximum atomic E-state index is 10.9. The number of aromatic carboxylic acids is 1. The summed E-state index contributed by atoms with van der Waals surface area (Å²) >= 11 is 1.37. The second-order valence-electron chi connectivity index (χ2n) is 3.37. The topological polar surface area (TPSA) is 70.7 Å². The average molecular weight is 238 g/mol. The normalized spacial score (nSPS) is 12.6. The van der Waals surface area contributed by atoms with E-state index in [1.54, 1.807) is 0 Å². The van der Waals surface area contributed by atoms with Crippen molar-refractivity contribution in [2.45, 2.75) is 13.0 Å². The van der Waals surface area contributed by atoms with Gasteiger partial charge in [0.1, 0.15) is 11.7 Å². The summed E-state index contributed by atoms with van der Waals surface area (Å²) in [4.78, 5) is 11.6. The largest absolute Gasteiger partial charge is 0.478 e. The molecule has 0 saturated carbocycles. The Labute approximate surface area is 95.8 Å². The molecule has 0 amide bonds. The van der Waals surface area contributed by atoms with E-state index in [9.17, 15) is 9.90 Å². The second-order valence-corrected chi connectivity index (χ2v) is 4.32. The third-order valence-corrected chi connectivity index (χ3v) is 3.40. The van der Waals surface area contributed by atoms with E-state index in [4.69, 9.17) is 9.52 Å². The van der Waals surface area contributed by atoms with Crippen LogP contribution in [-0.4, -0.2) is 16.2 Å². The molecule has 0 radical (unpaired) electrons. The third-order valence-electron chi connectivity index (χ3n) is 2.32. The molecule has 1 unspecified atom stereocenters. The Bertz CT molecular complexity index is 512. The molecule has 2 rings (SSSR count). The first kappa shape index (κ1) is 10.9. The maximum absolute atomic E-state index is 10.9. The number of carboxylic acid groups (broad SMARTS) is 1. The predicted octanol–water partition coefficient (Wildman–Crippen LogP) is 2.43. The lowest BCUT2D eigenvalue weighted by Gasteiger charge is -2.08. The highest BCUT2D eigenvalue weighted by atomic mass is 32.1. The van der Waals surface area contributed by atoms with Gasteiger partial charge < -0.3 is 14.6 Å².